The van der Waals surface area contributed by atoms with E-state index in [0.717, 1.165) is 58.0 Å². The summed E-state index contributed by atoms with van der Waals surface area (Å²) in [5.74, 6) is 0.916. The normalized spacial score (nSPS) is 13.2. The fourth-order valence-electron chi connectivity index (χ4n) is 3.39. The molecule has 0 radical (unpaired) electrons. The molecule has 29 heavy (non-hydrogen) atoms. The molecule has 0 spiro atoms. The standard InChI is InChI=1S/C13H15N3OS.C9H13NO/c1-14-12-9-5-8-6-16(2)4-3-10(8)15-13(9)18-11(12)7-17;1-3-11-9-6-4-5-8(7-9)10-2/h5,7,14H,3-4,6H2,1-2H3;4-7,10H,3H2,1-2H3. The monoisotopic (exact) mass is 412 g/mol. The fraction of sp³-hybridized carbons (Fsp3) is 0.364. The molecular weight excluding hydrogens is 384 g/mol. The summed E-state index contributed by atoms with van der Waals surface area (Å²) in [6.07, 6.45) is 1.90. The molecule has 2 N–H and O–H groups in total. The summed E-state index contributed by atoms with van der Waals surface area (Å²) in [6, 6.07) is 10.1. The Labute approximate surface area is 175 Å². The molecule has 0 bridgehead atoms. The molecule has 0 saturated carbocycles. The summed E-state index contributed by atoms with van der Waals surface area (Å²) in [5, 5.41) is 7.23. The first kappa shape index (κ1) is 21.1. The Kier molecular flexibility index (Phi) is 7.06. The van der Waals surface area contributed by atoms with Crippen LogP contribution in [0, 0.1) is 0 Å². The molecule has 4 rings (SSSR count). The van der Waals surface area contributed by atoms with Crippen molar-refractivity contribution in [3.8, 4) is 5.75 Å². The minimum Gasteiger partial charge on any atom is -0.494 e. The third-order valence-electron chi connectivity index (χ3n) is 4.84. The van der Waals surface area contributed by atoms with Gasteiger partial charge in [-0.15, -0.1) is 11.3 Å². The second-order valence-electron chi connectivity index (χ2n) is 6.85. The smallest absolute Gasteiger partial charge is 0.162 e. The second kappa shape index (κ2) is 9.71. The number of hydrogen-bond acceptors (Lipinski definition) is 7. The molecule has 6 nitrogen and oxygen atoms in total. The van der Waals surface area contributed by atoms with Gasteiger partial charge < -0.3 is 20.3 Å². The van der Waals surface area contributed by atoms with Crippen molar-refractivity contribution in [1.82, 2.24) is 9.88 Å². The van der Waals surface area contributed by atoms with Crippen molar-refractivity contribution in [3.05, 3.63) is 46.5 Å². The summed E-state index contributed by atoms with van der Waals surface area (Å²) in [5.41, 5.74) is 4.45. The number of likely N-dealkylation sites (N-methyl/N-ethyl adjacent to an activating group) is 1. The molecule has 0 saturated heterocycles. The number of hydrogen-bond donors (Lipinski definition) is 2. The zero-order valence-electron chi connectivity index (χ0n) is 17.4. The number of rotatable bonds is 5. The van der Waals surface area contributed by atoms with Gasteiger partial charge in [-0.2, -0.15) is 0 Å². The molecule has 3 heterocycles. The van der Waals surface area contributed by atoms with E-state index >= 15 is 0 Å². The molecule has 1 aliphatic rings. The largest absolute Gasteiger partial charge is 0.494 e. The average molecular weight is 413 g/mol. The Morgan fingerprint density at radius 1 is 1.28 bits per heavy atom. The molecule has 0 atom stereocenters. The number of anilines is 2. The first-order valence-electron chi connectivity index (χ1n) is 9.77. The maximum atomic E-state index is 11.1. The molecule has 0 unspecified atom stereocenters. The van der Waals surface area contributed by atoms with Gasteiger partial charge in [-0.25, -0.2) is 4.98 Å². The predicted molar refractivity (Wildman–Crippen MR) is 122 cm³/mol. The van der Waals surface area contributed by atoms with Crippen molar-refractivity contribution in [3.63, 3.8) is 0 Å². The summed E-state index contributed by atoms with van der Waals surface area (Å²) < 4.78 is 5.31. The maximum Gasteiger partial charge on any atom is 0.162 e. The summed E-state index contributed by atoms with van der Waals surface area (Å²) in [6.45, 7) is 4.68. The third kappa shape index (κ3) is 4.86. The van der Waals surface area contributed by atoms with E-state index in [1.807, 2.05) is 45.3 Å². The van der Waals surface area contributed by atoms with Crippen LogP contribution in [0.4, 0.5) is 11.4 Å². The Morgan fingerprint density at radius 3 is 2.79 bits per heavy atom. The molecule has 0 amide bonds. The van der Waals surface area contributed by atoms with E-state index < -0.39 is 0 Å². The third-order valence-corrected chi connectivity index (χ3v) is 5.86. The number of ether oxygens (including phenoxy) is 1. The van der Waals surface area contributed by atoms with Gasteiger partial charge in [0.2, 0.25) is 0 Å². The number of pyridine rings is 1. The predicted octanol–water partition coefficient (Wildman–Crippen LogP) is 4.27. The van der Waals surface area contributed by atoms with Crippen LogP contribution < -0.4 is 15.4 Å². The van der Waals surface area contributed by atoms with Crippen molar-refractivity contribution >= 4 is 39.2 Å². The summed E-state index contributed by atoms with van der Waals surface area (Å²) >= 11 is 1.47. The van der Waals surface area contributed by atoms with E-state index in [2.05, 4.69) is 28.6 Å². The Hall–Kier alpha value is -2.64. The van der Waals surface area contributed by atoms with Gasteiger partial charge in [-0.05, 0) is 37.7 Å². The molecule has 1 aromatic carbocycles. The number of aromatic nitrogens is 1. The molecule has 3 aromatic rings. The highest BCUT2D eigenvalue weighted by atomic mass is 32.1. The molecule has 154 valence electrons. The van der Waals surface area contributed by atoms with Gasteiger partial charge in [0.1, 0.15) is 10.6 Å². The highest BCUT2D eigenvalue weighted by Crippen LogP contribution is 2.35. The number of carbonyl (C=O) groups excluding carboxylic acids is 1. The second-order valence-corrected chi connectivity index (χ2v) is 7.89. The van der Waals surface area contributed by atoms with Crippen molar-refractivity contribution in [2.24, 2.45) is 0 Å². The lowest BCUT2D eigenvalue weighted by molar-refractivity contribution is 0.112. The highest BCUT2D eigenvalue weighted by molar-refractivity contribution is 7.20. The van der Waals surface area contributed by atoms with Gasteiger partial charge >= 0.3 is 0 Å². The number of thiophene rings is 1. The van der Waals surface area contributed by atoms with Crippen LogP contribution in [0.3, 0.4) is 0 Å². The number of carbonyl (C=O) groups is 1. The van der Waals surface area contributed by atoms with Crippen LogP contribution in [0.2, 0.25) is 0 Å². The van der Waals surface area contributed by atoms with E-state index in [-0.39, 0.29) is 0 Å². The number of nitrogens with zero attached hydrogens (tertiary/aromatic N) is 2. The topological polar surface area (TPSA) is 66.5 Å². The minimum absolute atomic E-state index is 0.715. The van der Waals surface area contributed by atoms with Gasteiger partial charge in [0.05, 0.1) is 17.2 Å². The molecule has 0 fully saturated rings. The average Bonchev–Trinajstić information content (AvgIpc) is 3.09. The van der Waals surface area contributed by atoms with Crippen molar-refractivity contribution < 1.29 is 9.53 Å². The minimum atomic E-state index is 0.715. The van der Waals surface area contributed by atoms with E-state index in [4.69, 9.17) is 9.72 Å². The quantitative estimate of drug-likeness (QED) is 0.610. The Bertz CT molecular complexity index is 986. The van der Waals surface area contributed by atoms with Crippen molar-refractivity contribution in [2.45, 2.75) is 19.9 Å². The zero-order valence-corrected chi connectivity index (χ0v) is 18.2. The van der Waals surface area contributed by atoms with Crippen LogP contribution in [-0.4, -0.2) is 50.5 Å². The van der Waals surface area contributed by atoms with E-state index in [1.54, 1.807) is 0 Å². The molecular formula is C22H28N4O2S. The van der Waals surface area contributed by atoms with Gasteiger partial charge in [-0.1, -0.05) is 6.07 Å². The lowest BCUT2D eigenvalue weighted by atomic mass is 10.0. The van der Waals surface area contributed by atoms with Gasteiger partial charge in [0, 0.05) is 56.4 Å². The molecule has 7 heteroatoms. The van der Waals surface area contributed by atoms with E-state index in [0.29, 0.717) is 6.61 Å². The summed E-state index contributed by atoms with van der Waals surface area (Å²) in [4.78, 5) is 19.8. The van der Waals surface area contributed by atoms with Gasteiger partial charge in [0.25, 0.3) is 0 Å². The maximum absolute atomic E-state index is 11.1. The lowest BCUT2D eigenvalue weighted by Gasteiger charge is -2.24. The molecule has 2 aromatic heterocycles. The summed E-state index contributed by atoms with van der Waals surface area (Å²) in [7, 11) is 5.86. The van der Waals surface area contributed by atoms with Crippen LogP contribution in [0.25, 0.3) is 10.2 Å². The molecule has 1 aliphatic heterocycles. The SMILES string of the molecule is CCOc1cccc(NC)c1.CNc1c(C=O)sc2nc3c(cc12)CN(C)CC3. The van der Waals surface area contributed by atoms with Gasteiger partial charge in [-0.3, -0.25) is 4.79 Å². The van der Waals surface area contributed by atoms with Crippen LogP contribution in [-0.2, 0) is 13.0 Å². The van der Waals surface area contributed by atoms with Gasteiger partial charge in [0.15, 0.2) is 6.29 Å². The fourth-order valence-corrected chi connectivity index (χ4v) is 4.38. The van der Waals surface area contributed by atoms with Crippen molar-refractivity contribution in [1.29, 1.82) is 0 Å². The number of fused-ring (bicyclic) bond motifs is 2. The lowest BCUT2D eigenvalue weighted by Crippen LogP contribution is -2.27. The number of benzene rings is 1. The Balaban J connectivity index is 0.000000188. The zero-order chi connectivity index (χ0) is 20.8. The number of nitrogens with one attached hydrogen (secondary N) is 2. The first-order chi connectivity index (χ1) is 14.1. The molecule has 0 aliphatic carbocycles. The first-order valence-corrected chi connectivity index (χ1v) is 10.6. The van der Waals surface area contributed by atoms with Crippen LogP contribution >= 0.6 is 11.3 Å². The van der Waals surface area contributed by atoms with Crippen LogP contribution in [0.15, 0.2) is 30.3 Å². The Morgan fingerprint density at radius 2 is 2.10 bits per heavy atom. The van der Waals surface area contributed by atoms with E-state index in [9.17, 15) is 4.79 Å². The number of aldehydes is 1. The van der Waals surface area contributed by atoms with Crippen LogP contribution in [0.5, 0.6) is 5.75 Å². The van der Waals surface area contributed by atoms with E-state index in [1.165, 1.54) is 22.6 Å². The highest BCUT2D eigenvalue weighted by Gasteiger charge is 2.19. The van der Waals surface area contributed by atoms with Crippen molar-refractivity contribution in [2.75, 3.05) is 44.9 Å². The van der Waals surface area contributed by atoms with Crippen LogP contribution in [0.1, 0.15) is 27.9 Å².